The summed E-state index contributed by atoms with van der Waals surface area (Å²) in [6.07, 6.45) is 4.71. The number of benzene rings is 1. The van der Waals surface area contributed by atoms with Crippen molar-refractivity contribution in [3.8, 4) is 11.5 Å². The fourth-order valence-corrected chi connectivity index (χ4v) is 6.52. The van der Waals surface area contributed by atoms with Crippen molar-refractivity contribution in [2.45, 2.75) is 70.1 Å². The number of quaternary nitrogens is 1. The number of aliphatic carboxylic acids is 1. The van der Waals surface area contributed by atoms with Gasteiger partial charge >= 0.3 is 12.1 Å². The molecule has 0 radical (unpaired) electrons. The standard InChI is InChI=1S/C28H39N3O7/c1-15(2)23(26(33)34)31-21(32)6-5-13-30-27(35)37-20-10-8-18-16(3)14-17-7-9-19(36-4)24-22(17)28(18,11-12-29)25(20)38-24/h7-10,15-16,18,20,23,25H,5-6,11-14,29H2,1-4H3,(H,30,35)(H,31,32)(H,33,34)/p+1. The minimum Gasteiger partial charge on any atom is -0.493 e. The van der Waals surface area contributed by atoms with Crippen molar-refractivity contribution in [2.75, 3.05) is 20.2 Å². The number of alkyl carbamates (subject to hydrolysis) is 1. The Morgan fingerprint density at radius 1 is 1.26 bits per heavy atom. The molecule has 38 heavy (non-hydrogen) atoms. The first-order chi connectivity index (χ1) is 18.1. The topological polar surface area (TPSA) is 151 Å². The number of allylic oxidation sites excluding steroid dienone is 1. The Kier molecular flexibility index (Phi) is 8.20. The molecule has 10 heteroatoms. The van der Waals surface area contributed by atoms with E-state index in [0.717, 1.165) is 18.6 Å². The molecule has 0 bridgehead atoms. The zero-order valence-corrected chi connectivity index (χ0v) is 22.6. The van der Waals surface area contributed by atoms with Gasteiger partial charge in [-0.2, -0.15) is 0 Å². The predicted molar refractivity (Wildman–Crippen MR) is 139 cm³/mol. The molecule has 0 saturated heterocycles. The molecule has 1 aliphatic heterocycles. The van der Waals surface area contributed by atoms with Gasteiger partial charge < -0.3 is 35.7 Å². The molecule has 6 atom stereocenters. The average Bonchev–Trinajstić information content (AvgIpc) is 3.21. The highest BCUT2D eigenvalue weighted by atomic mass is 16.6. The molecule has 3 aliphatic rings. The second-order valence-electron chi connectivity index (χ2n) is 10.9. The van der Waals surface area contributed by atoms with Crippen LogP contribution in [0.5, 0.6) is 11.5 Å². The Balaban J connectivity index is 1.41. The van der Waals surface area contributed by atoms with E-state index in [2.05, 4.69) is 35.4 Å². The first-order valence-electron chi connectivity index (χ1n) is 13.4. The van der Waals surface area contributed by atoms with E-state index < -0.39 is 30.3 Å². The molecule has 1 aromatic carbocycles. The lowest BCUT2D eigenvalue weighted by Crippen LogP contribution is -2.61. The Morgan fingerprint density at radius 2 is 2.03 bits per heavy atom. The van der Waals surface area contributed by atoms with Crippen LogP contribution in [-0.2, 0) is 26.2 Å². The summed E-state index contributed by atoms with van der Waals surface area (Å²) in [4.78, 5) is 36.2. The molecule has 2 amide bonds. The maximum atomic E-state index is 12.7. The van der Waals surface area contributed by atoms with Gasteiger partial charge in [0.25, 0.3) is 0 Å². The highest BCUT2D eigenvalue weighted by Gasteiger charge is 2.62. The van der Waals surface area contributed by atoms with Gasteiger partial charge in [0, 0.05) is 24.9 Å². The number of carboxylic acids is 1. The number of amides is 2. The molecule has 6 unspecified atom stereocenters. The van der Waals surface area contributed by atoms with Crippen molar-refractivity contribution < 1.29 is 39.4 Å². The summed E-state index contributed by atoms with van der Waals surface area (Å²) >= 11 is 0. The Hall–Kier alpha value is -3.27. The van der Waals surface area contributed by atoms with Crippen LogP contribution in [0.15, 0.2) is 24.3 Å². The number of hydrogen-bond acceptors (Lipinski definition) is 6. The summed E-state index contributed by atoms with van der Waals surface area (Å²) in [6.45, 7) is 6.66. The van der Waals surface area contributed by atoms with Crippen molar-refractivity contribution >= 4 is 18.0 Å². The second kappa shape index (κ2) is 11.2. The molecule has 1 heterocycles. The molecule has 0 saturated carbocycles. The quantitative estimate of drug-likeness (QED) is 0.252. The van der Waals surface area contributed by atoms with Crippen molar-refractivity contribution in [3.05, 3.63) is 35.4 Å². The van der Waals surface area contributed by atoms with Crippen LogP contribution >= 0.6 is 0 Å². The van der Waals surface area contributed by atoms with Crippen molar-refractivity contribution in [1.29, 1.82) is 0 Å². The van der Waals surface area contributed by atoms with E-state index in [0.29, 0.717) is 24.6 Å². The fraction of sp³-hybridized carbons (Fsp3) is 0.607. The number of rotatable bonds is 11. The lowest BCUT2D eigenvalue weighted by molar-refractivity contribution is -0.372. The molecule has 0 fully saturated rings. The number of carboxylic acid groups (broad SMARTS) is 1. The smallest absolute Gasteiger partial charge is 0.407 e. The third-order valence-electron chi connectivity index (χ3n) is 8.13. The number of methoxy groups -OCH3 is 1. The van der Waals surface area contributed by atoms with Crippen molar-refractivity contribution in [3.63, 3.8) is 0 Å². The van der Waals surface area contributed by atoms with Crippen LogP contribution in [0.25, 0.3) is 0 Å². The minimum absolute atomic E-state index is 0.0932. The Bertz CT molecular complexity index is 1100. The second-order valence-corrected chi connectivity index (χ2v) is 10.9. The van der Waals surface area contributed by atoms with Gasteiger partial charge in [-0.25, -0.2) is 9.59 Å². The van der Waals surface area contributed by atoms with Gasteiger partial charge in [-0.15, -0.1) is 0 Å². The maximum Gasteiger partial charge on any atom is 0.407 e. The average molecular weight is 531 g/mol. The third kappa shape index (κ3) is 4.93. The maximum absolute atomic E-state index is 12.7. The van der Waals surface area contributed by atoms with E-state index in [1.54, 1.807) is 21.0 Å². The summed E-state index contributed by atoms with van der Waals surface area (Å²) in [5.41, 5.74) is 6.22. The van der Waals surface area contributed by atoms with E-state index in [9.17, 15) is 19.5 Å². The van der Waals surface area contributed by atoms with Crippen molar-refractivity contribution in [1.82, 2.24) is 10.6 Å². The summed E-state index contributed by atoms with van der Waals surface area (Å²) in [7, 11) is 1.63. The largest absolute Gasteiger partial charge is 0.493 e. The molecule has 2 aliphatic carbocycles. The van der Waals surface area contributed by atoms with Gasteiger partial charge in [0.2, 0.25) is 5.91 Å². The highest BCUT2D eigenvalue weighted by molar-refractivity contribution is 5.83. The molecule has 6 N–H and O–H groups in total. The summed E-state index contributed by atoms with van der Waals surface area (Å²) in [5.74, 6) is 0.384. The zero-order chi connectivity index (χ0) is 27.6. The number of nitrogens with one attached hydrogen (secondary N) is 2. The zero-order valence-electron chi connectivity index (χ0n) is 22.6. The molecule has 4 rings (SSSR count). The third-order valence-corrected chi connectivity index (χ3v) is 8.13. The van der Waals surface area contributed by atoms with E-state index in [1.165, 1.54) is 11.1 Å². The molecule has 0 aromatic heterocycles. The van der Waals surface area contributed by atoms with Crippen LogP contribution in [0.3, 0.4) is 0 Å². The van der Waals surface area contributed by atoms with Gasteiger partial charge in [-0.05, 0) is 48.3 Å². The number of ether oxygens (including phenoxy) is 3. The predicted octanol–water partition coefficient (Wildman–Crippen LogP) is 1.80. The van der Waals surface area contributed by atoms with Crippen LogP contribution in [0.1, 0.15) is 51.2 Å². The summed E-state index contributed by atoms with van der Waals surface area (Å²) < 4.78 is 18.1. The molecule has 0 spiro atoms. The number of carbonyl (C=O) groups excluding carboxylic acids is 2. The van der Waals surface area contributed by atoms with E-state index in [4.69, 9.17) is 14.2 Å². The van der Waals surface area contributed by atoms with Crippen LogP contribution in [-0.4, -0.2) is 61.5 Å². The molecule has 1 aromatic rings. The van der Waals surface area contributed by atoms with E-state index >= 15 is 0 Å². The van der Waals surface area contributed by atoms with Gasteiger partial charge in [-0.1, -0.05) is 32.9 Å². The molecular weight excluding hydrogens is 490 g/mol. The number of hydrogen-bond donors (Lipinski definition) is 4. The minimum atomic E-state index is -1.07. The first kappa shape index (κ1) is 27.8. The van der Waals surface area contributed by atoms with Crippen LogP contribution in [0, 0.1) is 17.8 Å². The normalized spacial score (nSPS) is 27.2. The SMILES string of the molecule is COc1ccc2c3c1OC1C(OC(=O)NCCCC(=O)NC(C(=O)O)C(C)C)C=CC(C(C)C2)C31CC[NH3+]. The molecular formula is C28H40N3O7+. The van der Waals surface area contributed by atoms with Crippen LogP contribution < -0.4 is 25.8 Å². The fourth-order valence-electron chi connectivity index (χ4n) is 6.52. The molecule has 10 nitrogen and oxygen atoms in total. The van der Waals surface area contributed by atoms with Gasteiger partial charge in [0.1, 0.15) is 12.1 Å². The summed E-state index contributed by atoms with van der Waals surface area (Å²) in [6, 6.07) is 3.13. The van der Waals surface area contributed by atoms with Crippen molar-refractivity contribution in [2.24, 2.45) is 17.8 Å². The molecule has 208 valence electrons. The first-order valence-corrected chi connectivity index (χ1v) is 13.4. The van der Waals surface area contributed by atoms with Gasteiger partial charge in [-0.3, -0.25) is 4.79 Å². The number of carbonyl (C=O) groups is 3. The van der Waals surface area contributed by atoms with Crippen LogP contribution in [0.2, 0.25) is 0 Å². The monoisotopic (exact) mass is 530 g/mol. The van der Waals surface area contributed by atoms with E-state index in [1.807, 2.05) is 12.1 Å². The van der Waals surface area contributed by atoms with Gasteiger partial charge in [0.05, 0.1) is 19.1 Å². The Labute approximate surface area is 223 Å². The Morgan fingerprint density at radius 3 is 2.68 bits per heavy atom. The van der Waals surface area contributed by atoms with Gasteiger partial charge in [0.15, 0.2) is 17.6 Å². The summed E-state index contributed by atoms with van der Waals surface area (Å²) in [5, 5.41) is 14.5. The lowest BCUT2D eigenvalue weighted by Gasteiger charge is -2.49. The van der Waals surface area contributed by atoms with Crippen LogP contribution in [0.4, 0.5) is 4.79 Å². The highest BCUT2D eigenvalue weighted by Crippen LogP contribution is 2.61. The lowest BCUT2D eigenvalue weighted by atomic mass is 9.54. The van der Waals surface area contributed by atoms with E-state index in [-0.39, 0.29) is 36.1 Å².